The quantitative estimate of drug-likeness (QED) is 0.782. The number of rotatable bonds is 4. The van der Waals surface area contributed by atoms with E-state index in [4.69, 9.17) is 0 Å². The Bertz CT molecular complexity index is 872. The summed E-state index contributed by atoms with van der Waals surface area (Å²) in [6.45, 7) is 7.68. The Morgan fingerprint density at radius 1 is 1.19 bits per heavy atom. The SMILES string of the molecule is Cc1nnc2[nH]ccc2c1N(C)[C@H]1CN(Cc2ccccc2)CC[C@H]1C. The number of fused-ring (bicyclic) bond motifs is 1. The molecule has 4 rings (SSSR count). The molecular weight excluding hydrogens is 322 g/mol. The molecule has 2 atom stereocenters. The fraction of sp³-hybridized carbons (Fsp3) is 0.429. The van der Waals surface area contributed by atoms with E-state index in [1.165, 1.54) is 17.7 Å². The van der Waals surface area contributed by atoms with Crippen LogP contribution in [0.1, 0.15) is 24.6 Å². The lowest BCUT2D eigenvalue weighted by atomic mass is 9.91. The van der Waals surface area contributed by atoms with Gasteiger partial charge in [0.15, 0.2) is 5.65 Å². The monoisotopic (exact) mass is 349 g/mol. The van der Waals surface area contributed by atoms with Crippen LogP contribution in [0.4, 0.5) is 5.69 Å². The highest BCUT2D eigenvalue weighted by atomic mass is 15.2. The summed E-state index contributed by atoms with van der Waals surface area (Å²) in [5, 5.41) is 9.81. The molecule has 5 nitrogen and oxygen atoms in total. The molecule has 1 saturated heterocycles. The lowest BCUT2D eigenvalue weighted by molar-refractivity contribution is 0.159. The number of likely N-dealkylation sites (N-methyl/N-ethyl adjacent to an activating group) is 1. The van der Waals surface area contributed by atoms with Gasteiger partial charge in [-0.1, -0.05) is 37.3 Å². The van der Waals surface area contributed by atoms with E-state index < -0.39 is 0 Å². The number of hydrogen-bond acceptors (Lipinski definition) is 4. The Balaban J connectivity index is 1.58. The van der Waals surface area contributed by atoms with Gasteiger partial charge in [0.2, 0.25) is 0 Å². The Hall–Kier alpha value is -2.40. The molecule has 0 radical (unpaired) electrons. The average Bonchev–Trinajstić information content (AvgIpc) is 3.12. The second-order valence-electron chi connectivity index (χ2n) is 7.54. The summed E-state index contributed by atoms with van der Waals surface area (Å²) in [7, 11) is 2.21. The lowest BCUT2D eigenvalue weighted by Gasteiger charge is -2.43. The highest BCUT2D eigenvalue weighted by Gasteiger charge is 2.31. The van der Waals surface area contributed by atoms with Crippen molar-refractivity contribution in [2.45, 2.75) is 32.9 Å². The Labute approximate surface area is 155 Å². The van der Waals surface area contributed by atoms with Crippen LogP contribution in [0.3, 0.4) is 0 Å². The normalized spacial score (nSPS) is 21.2. The van der Waals surface area contributed by atoms with E-state index in [2.05, 4.69) is 82.3 Å². The fourth-order valence-corrected chi connectivity index (χ4v) is 4.22. The topological polar surface area (TPSA) is 48.1 Å². The molecule has 0 unspecified atom stereocenters. The van der Waals surface area contributed by atoms with E-state index in [0.29, 0.717) is 12.0 Å². The summed E-state index contributed by atoms with van der Waals surface area (Å²) < 4.78 is 0. The maximum absolute atomic E-state index is 4.37. The maximum atomic E-state index is 4.37. The minimum atomic E-state index is 0.466. The molecule has 26 heavy (non-hydrogen) atoms. The van der Waals surface area contributed by atoms with Crippen LogP contribution in [0.15, 0.2) is 42.6 Å². The predicted octanol–water partition coefficient (Wildman–Crippen LogP) is 3.61. The second kappa shape index (κ2) is 7.08. The number of benzene rings is 1. The van der Waals surface area contributed by atoms with Crippen molar-refractivity contribution in [3.05, 3.63) is 53.9 Å². The largest absolute Gasteiger partial charge is 0.368 e. The van der Waals surface area contributed by atoms with Crippen molar-refractivity contribution in [3.63, 3.8) is 0 Å². The van der Waals surface area contributed by atoms with Crippen molar-refractivity contribution in [2.24, 2.45) is 5.92 Å². The van der Waals surface area contributed by atoms with Gasteiger partial charge < -0.3 is 9.88 Å². The highest BCUT2D eigenvalue weighted by Crippen LogP contribution is 2.32. The first-order valence-corrected chi connectivity index (χ1v) is 9.43. The van der Waals surface area contributed by atoms with E-state index in [9.17, 15) is 0 Å². The first-order chi connectivity index (χ1) is 12.6. The van der Waals surface area contributed by atoms with Crippen LogP contribution in [-0.4, -0.2) is 46.3 Å². The number of aromatic nitrogens is 3. The summed E-state index contributed by atoms with van der Waals surface area (Å²) in [4.78, 5) is 8.20. The molecule has 0 amide bonds. The molecule has 3 aromatic rings. The highest BCUT2D eigenvalue weighted by molar-refractivity contribution is 5.90. The van der Waals surface area contributed by atoms with E-state index in [0.717, 1.165) is 36.4 Å². The minimum Gasteiger partial charge on any atom is -0.368 e. The number of nitrogens with zero attached hydrogens (tertiary/aromatic N) is 4. The molecule has 1 aromatic carbocycles. The third-order valence-electron chi connectivity index (χ3n) is 5.72. The van der Waals surface area contributed by atoms with Gasteiger partial charge in [-0.05, 0) is 37.4 Å². The van der Waals surface area contributed by atoms with Crippen molar-refractivity contribution in [1.29, 1.82) is 0 Å². The Morgan fingerprint density at radius 2 is 2.00 bits per heavy atom. The molecule has 136 valence electrons. The van der Waals surface area contributed by atoms with Crippen LogP contribution in [0.2, 0.25) is 0 Å². The minimum absolute atomic E-state index is 0.466. The Kier molecular flexibility index (Phi) is 4.64. The van der Waals surface area contributed by atoms with E-state index in [1.807, 2.05) is 6.20 Å². The third kappa shape index (κ3) is 3.19. The van der Waals surface area contributed by atoms with Gasteiger partial charge in [-0.2, -0.15) is 5.10 Å². The van der Waals surface area contributed by atoms with Crippen molar-refractivity contribution in [2.75, 3.05) is 25.0 Å². The van der Waals surface area contributed by atoms with E-state index in [1.54, 1.807) is 0 Å². The molecule has 0 spiro atoms. The number of piperidine rings is 1. The molecule has 0 saturated carbocycles. The van der Waals surface area contributed by atoms with Gasteiger partial charge >= 0.3 is 0 Å². The van der Waals surface area contributed by atoms with Gasteiger partial charge in [0, 0.05) is 37.8 Å². The van der Waals surface area contributed by atoms with Crippen LogP contribution in [0, 0.1) is 12.8 Å². The Morgan fingerprint density at radius 3 is 2.81 bits per heavy atom. The van der Waals surface area contributed by atoms with Gasteiger partial charge in [-0.15, -0.1) is 5.10 Å². The van der Waals surface area contributed by atoms with Crippen LogP contribution in [-0.2, 0) is 6.54 Å². The number of likely N-dealkylation sites (tertiary alicyclic amines) is 1. The predicted molar refractivity (Wildman–Crippen MR) is 106 cm³/mol. The van der Waals surface area contributed by atoms with Crippen molar-refractivity contribution in [1.82, 2.24) is 20.1 Å². The van der Waals surface area contributed by atoms with Crippen molar-refractivity contribution < 1.29 is 0 Å². The average molecular weight is 349 g/mol. The van der Waals surface area contributed by atoms with Crippen LogP contribution >= 0.6 is 0 Å². The first kappa shape index (κ1) is 17.0. The van der Waals surface area contributed by atoms with Crippen LogP contribution < -0.4 is 4.90 Å². The zero-order chi connectivity index (χ0) is 18.1. The van der Waals surface area contributed by atoms with E-state index >= 15 is 0 Å². The standard InChI is InChI=1S/C21H27N5/c1-15-10-12-26(13-17-7-5-4-6-8-17)14-19(15)25(3)20-16(2)23-24-21-18(20)9-11-22-21/h4-9,11,15,19H,10,12-14H2,1-3H3,(H,22,24)/t15-,19+/m1/s1. The molecular formula is C21H27N5. The molecule has 0 bridgehead atoms. The molecule has 5 heteroatoms. The molecule has 1 aliphatic heterocycles. The zero-order valence-electron chi connectivity index (χ0n) is 15.8. The second-order valence-corrected chi connectivity index (χ2v) is 7.54. The molecule has 2 aromatic heterocycles. The summed E-state index contributed by atoms with van der Waals surface area (Å²) in [6, 6.07) is 13.3. The zero-order valence-corrected chi connectivity index (χ0v) is 15.8. The molecule has 1 N–H and O–H groups in total. The van der Waals surface area contributed by atoms with E-state index in [-0.39, 0.29) is 0 Å². The molecule has 0 aliphatic carbocycles. The van der Waals surface area contributed by atoms with Gasteiger partial charge in [-0.25, -0.2) is 0 Å². The number of aryl methyl sites for hydroxylation is 1. The van der Waals surface area contributed by atoms with Gasteiger partial charge in [-0.3, -0.25) is 4.90 Å². The van der Waals surface area contributed by atoms with Gasteiger partial charge in [0.25, 0.3) is 0 Å². The van der Waals surface area contributed by atoms with Crippen LogP contribution in [0.5, 0.6) is 0 Å². The third-order valence-corrected chi connectivity index (χ3v) is 5.72. The van der Waals surface area contributed by atoms with Crippen LogP contribution in [0.25, 0.3) is 11.0 Å². The number of anilines is 1. The number of H-pyrrole nitrogens is 1. The maximum Gasteiger partial charge on any atom is 0.162 e. The van der Waals surface area contributed by atoms with Gasteiger partial charge in [0.1, 0.15) is 0 Å². The van der Waals surface area contributed by atoms with Crippen molar-refractivity contribution in [3.8, 4) is 0 Å². The lowest BCUT2D eigenvalue weighted by Crippen LogP contribution is -2.50. The molecule has 1 aliphatic rings. The summed E-state index contributed by atoms with van der Waals surface area (Å²) >= 11 is 0. The number of aromatic amines is 1. The van der Waals surface area contributed by atoms with Crippen molar-refractivity contribution >= 4 is 16.7 Å². The number of nitrogens with one attached hydrogen (secondary N) is 1. The summed E-state index contributed by atoms with van der Waals surface area (Å²) in [5.41, 5.74) is 4.45. The smallest absolute Gasteiger partial charge is 0.162 e. The summed E-state index contributed by atoms with van der Waals surface area (Å²) in [6.07, 6.45) is 3.16. The molecule has 3 heterocycles. The fourth-order valence-electron chi connectivity index (χ4n) is 4.22. The summed E-state index contributed by atoms with van der Waals surface area (Å²) in [5.74, 6) is 0.647. The first-order valence-electron chi connectivity index (χ1n) is 9.43. The number of hydrogen-bond donors (Lipinski definition) is 1. The van der Waals surface area contributed by atoms with Gasteiger partial charge in [0.05, 0.1) is 11.4 Å². The molecule has 1 fully saturated rings.